The Morgan fingerprint density at radius 1 is 0.971 bits per heavy atom. The molecular formula is C25H24BrNO7S. The lowest BCUT2D eigenvalue weighted by molar-refractivity contribution is -0.153. The predicted molar refractivity (Wildman–Crippen MR) is 134 cm³/mol. The molecule has 10 heteroatoms. The summed E-state index contributed by atoms with van der Waals surface area (Å²) < 4.78 is 40.5. The highest BCUT2D eigenvalue weighted by Gasteiger charge is 2.21. The molecule has 3 rings (SSSR count). The number of nitrogens with one attached hydrogen (secondary N) is 1. The molecule has 0 aliphatic rings. The number of anilines is 1. The summed E-state index contributed by atoms with van der Waals surface area (Å²) in [4.78, 5) is 23.9. The molecule has 2 N–H and O–H groups in total. The number of halogens is 1. The van der Waals surface area contributed by atoms with Gasteiger partial charge in [0.25, 0.3) is 10.0 Å². The van der Waals surface area contributed by atoms with E-state index in [4.69, 9.17) is 9.47 Å². The fraction of sp³-hybridized carbons (Fsp3) is 0.200. The van der Waals surface area contributed by atoms with E-state index in [0.717, 1.165) is 0 Å². The molecule has 0 aromatic heterocycles. The fourth-order valence-corrected chi connectivity index (χ4v) is 4.39. The SMILES string of the molecule is CC(C)(C)OC(=O)Cc1ccc(Oc2ccccc2C(=O)O)c(NS(=O)(=O)c2ccc(Br)cc2)c1. The lowest BCUT2D eigenvalue weighted by Gasteiger charge is -2.20. The average molecular weight is 562 g/mol. The standard InChI is InChI=1S/C25H24BrNO7S/c1-25(2,3)34-23(28)15-16-8-13-22(33-21-7-5-4-6-19(21)24(29)30)20(14-16)27-35(31,32)18-11-9-17(26)10-12-18/h4-14,27H,15H2,1-3H3,(H,29,30). The lowest BCUT2D eigenvalue weighted by atomic mass is 10.1. The van der Waals surface area contributed by atoms with Gasteiger partial charge in [0.2, 0.25) is 0 Å². The van der Waals surface area contributed by atoms with Crippen molar-refractivity contribution in [1.29, 1.82) is 0 Å². The molecule has 0 saturated heterocycles. The number of hydrogen-bond donors (Lipinski definition) is 2. The van der Waals surface area contributed by atoms with Crippen molar-refractivity contribution in [3.05, 3.63) is 82.3 Å². The number of carbonyl (C=O) groups excluding carboxylic acids is 1. The number of rotatable bonds is 8. The molecule has 0 spiro atoms. The monoisotopic (exact) mass is 561 g/mol. The van der Waals surface area contributed by atoms with Crippen LogP contribution >= 0.6 is 15.9 Å². The molecule has 184 valence electrons. The van der Waals surface area contributed by atoms with Crippen molar-refractivity contribution in [2.45, 2.75) is 37.7 Å². The summed E-state index contributed by atoms with van der Waals surface area (Å²) in [7, 11) is -4.03. The van der Waals surface area contributed by atoms with Crippen molar-refractivity contribution >= 4 is 43.6 Å². The summed E-state index contributed by atoms with van der Waals surface area (Å²) in [6.45, 7) is 5.25. The zero-order valence-corrected chi connectivity index (χ0v) is 21.6. The highest BCUT2D eigenvalue weighted by atomic mass is 79.9. The third-order valence-corrected chi connectivity index (χ3v) is 6.43. The number of carboxylic acids is 1. The van der Waals surface area contributed by atoms with E-state index < -0.39 is 27.6 Å². The zero-order valence-electron chi connectivity index (χ0n) is 19.2. The Morgan fingerprint density at radius 2 is 1.63 bits per heavy atom. The molecule has 3 aromatic carbocycles. The molecule has 0 bridgehead atoms. The molecule has 0 atom stereocenters. The van der Waals surface area contributed by atoms with E-state index in [1.165, 1.54) is 36.4 Å². The van der Waals surface area contributed by atoms with Gasteiger partial charge in [-0.05, 0) is 74.9 Å². The maximum Gasteiger partial charge on any atom is 0.339 e. The summed E-state index contributed by atoms with van der Waals surface area (Å²) in [5.74, 6) is -1.58. The van der Waals surface area contributed by atoms with Crippen molar-refractivity contribution in [3.8, 4) is 11.5 Å². The van der Waals surface area contributed by atoms with Crippen LogP contribution in [0.5, 0.6) is 11.5 Å². The van der Waals surface area contributed by atoms with Gasteiger partial charge in [0.15, 0.2) is 5.75 Å². The van der Waals surface area contributed by atoms with Crippen molar-refractivity contribution < 1.29 is 32.6 Å². The van der Waals surface area contributed by atoms with E-state index in [1.807, 2.05) is 0 Å². The second-order valence-corrected chi connectivity index (χ2v) is 11.2. The average Bonchev–Trinajstić information content (AvgIpc) is 2.74. The number of carbonyl (C=O) groups is 2. The van der Waals surface area contributed by atoms with Crippen LogP contribution in [0.4, 0.5) is 5.69 Å². The van der Waals surface area contributed by atoms with Crippen LogP contribution in [0.2, 0.25) is 0 Å². The Hall–Kier alpha value is -3.37. The van der Waals surface area contributed by atoms with Gasteiger partial charge >= 0.3 is 11.9 Å². The molecule has 0 aliphatic heterocycles. The van der Waals surface area contributed by atoms with Crippen molar-refractivity contribution in [2.75, 3.05) is 4.72 Å². The second kappa shape index (κ2) is 10.5. The van der Waals surface area contributed by atoms with E-state index in [1.54, 1.807) is 51.1 Å². The predicted octanol–water partition coefficient (Wildman–Crippen LogP) is 5.62. The van der Waals surface area contributed by atoms with Gasteiger partial charge in [0.1, 0.15) is 16.9 Å². The summed E-state index contributed by atoms with van der Waals surface area (Å²) in [6.07, 6.45) is -0.101. The van der Waals surface area contributed by atoms with E-state index in [0.29, 0.717) is 10.0 Å². The highest BCUT2D eigenvalue weighted by Crippen LogP contribution is 2.34. The molecule has 0 saturated carbocycles. The largest absolute Gasteiger partial charge is 0.478 e. The van der Waals surface area contributed by atoms with Gasteiger partial charge in [-0.1, -0.05) is 34.1 Å². The van der Waals surface area contributed by atoms with Crippen LogP contribution in [0.15, 0.2) is 76.1 Å². The summed E-state index contributed by atoms with van der Waals surface area (Å²) in [5, 5.41) is 9.46. The number of para-hydroxylation sites is 1. The first kappa shape index (κ1) is 26.2. The van der Waals surface area contributed by atoms with Crippen LogP contribution in [0, 0.1) is 0 Å². The Balaban J connectivity index is 2.00. The number of aromatic carboxylic acids is 1. The third-order valence-electron chi connectivity index (χ3n) is 4.52. The number of esters is 1. The molecule has 0 amide bonds. The van der Waals surface area contributed by atoms with Crippen LogP contribution in [-0.4, -0.2) is 31.1 Å². The molecule has 35 heavy (non-hydrogen) atoms. The summed E-state index contributed by atoms with van der Waals surface area (Å²) in [5.41, 5.74) is -0.250. The third kappa shape index (κ3) is 7.30. The van der Waals surface area contributed by atoms with Gasteiger partial charge < -0.3 is 14.6 Å². The van der Waals surface area contributed by atoms with E-state index in [-0.39, 0.29) is 34.1 Å². The molecule has 0 fully saturated rings. The fourth-order valence-electron chi connectivity index (χ4n) is 3.07. The van der Waals surface area contributed by atoms with Gasteiger partial charge in [-0.15, -0.1) is 0 Å². The maximum absolute atomic E-state index is 13.0. The van der Waals surface area contributed by atoms with Crippen molar-refractivity contribution in [2.24, 2.45) is 0 Å². The van der Waals surface area contributed by atoms with Gasteiger partial charge in [-0.25, -0.2) is 13.2 Å². The molecule has 0 unspecified atom stereocenters. The molecule has 0 heterocycles. The first-order valence-electron chi connectivity index (χ1n) is 10.5. The number of sulfonamides is 1. The Kier molecular flexibility index (Phi) is 7.86. The Morgan fingerprint density at radius 3 is 2.26 bits per heavy atom. The number of ether oxygens (including phenoxy) is 2. The maximum atomic E-state index is 13.0. The smallest absolute Gasteiger partial charge is 0.339 e. The van der Waals surface area contributed by atoms with Crippen LogP contribution < -0.4 is 9.46 Å². The van der Waals surface area contributed by atoms with Gasteiger partial charge in [0, 0.05) is 4.47 Å². The Labute approximate surface area is 212 Å². The highest BCUT2D eigenvalue weighted by molar-refractivity contribution is 9.10. The molecule has 8 nitrogen and oxygen atoms in total. The topological polar surface area (TPSA) is 119 Å². The minimum Gasteiger partial charge on any atom is -0.478 e. The van der Waals surface area contributed by atoms with Crippen molar-refractivity contribution in [1.82, 2.24) is 0 Å². The number of hydrogen-bond acceptors (Lipinski definition) is 6. The normalized spacial score (nSPS) is 11.5. The van der Waals surface area contributed by atoms with E-state index in [2.05, 4.69) is 20.7 Å². The minimum atomic E-state index is -4.03. The van der Waals surface area contributed by atoms with Gasteiger partial charge in [-0.2, -0.15) is 0 Å². The van der Waals surface area contributed by atoms with Crippen LogP contribution in [-0.2, 0) is 26.0 Å². The number of carboxylic acid groups (broad SMARTS) is 1. The second-order valence-electron chi connectivity index (χ2n) is 8.56. The quantitative estimate of drug-likeness (QED) is 0.342. The molecule has 0 radical (unpaired) electrons. The van der Waals surface area contributed by atoms with E-state index in [9.17, 15) is 23.1 Å². The minimum absolute atomic E-state index is 0.00938. The molecular weight excluding hydrogens is 538 g/mol. The molecule has 3 aromatic rings. The lowest BCUT2D eigenvalue weighted by Crippen LogP contribution is -2.25. The van der Waals surface area contributed by atoms with Gasteiger partial charge in [0.05, 0.1) is 17.0 Å². The first-order chi connectivity index (χ1) is 16.3. The van der Waals surface area contributed by atoms with Crippen LogP contribution in [0.1, 0.15) is 36.7 Å². The van der Waals surface area contributed by atoms with Gasteiger partial charge in [-0.3, -0.25) is 9.52 Å². The van der Waals surface area contributed by atoms with Crippen molar-refractivity contribution in [3.63, 3.8) is 0 Å². The van der Waals surface area contributed by atoms with Crippen LogP contribution in [0.3, 0.4) is 0 Å². The number of benzene rings is 3. The summed E-state index contributed by atoms with van der Waals surface area (Å²) in [6, 6.07) is 16.5. The van der Waals surface area contributed by atoms with E-state index >= 15 is 0 Å². The molecule has 0 aliphatic carbocycles. The van der Waals surface area contributed by atoms with Crippen LogP contribution in [0.25, 0.3) is 0 Å². The Bertz CT molecular complexity index is 1350. The summed E-state index contributed by atoms with van der Waals surface area (Å²) >= 11 is 3.27. The zero-order chi connectivity index (χ0) is 25.8. The first-order valence-corrected chi connectivity index (χ1v) is 12.7.